The number of anilines is 2. The van der Waals surface area contributed by atoms with E-state index in [-0.39, 0.29) is 23.3 Å². The Bertz CT molecular complexity index is 871. The van der Waals surface area contributed by atoms with Gasteiger partial charge < -0.3 is 10.1 Å². The normalized spacial score (nSPS) is 18.3. The smallest absolute Gasteiger partial charge is 0.414 e. The summed E-state index contributed by atoms with van der Waals surface area (Å²) in [5.41, 5.74) is 3.61. The number of ether oxygens (including phenoxy) is 1. The van der Waals surface area contributed by atoms with Crippen LogP contribution in [-0.2, 0) is 14.9 Å². The molecule has 5 nitrogen and oxygen atoms in total. The first-order chi connectivity index (χ1) is 13.2. The molecule has 2 unspecified atom stereocenters. The number of amides is 2. The second-order valence-electron chi connectivity index (χ2n) is 8.40. The average Bonchev–Trinajstić information content (AvgIpc) is 3.40. The van der Waals surface area contributed by atoms with Crippen LogP contribution in [0.1, 0.15) is 38.3 Å². The van der Waals surface area contributed by atoms with Crippen molar-refractivity contribution in [1.82, 2.24) is 0 Å². The molecule has 1 saturated carbocycles. The van der Waals surface area contributed by atoms with Crippen LogP contribution in [0.5, 0.6) is 0 Å². The summed E-state index contributed by atoms with van der Waals surface area (Å²) in [6, 6.07) is 15.3. The predicted octanol–water partition coefficient (Wildman–Crippen LogP) is 4.89. The largest absolute Gasteiger partial charge is 0.445 e. The first-order valence-electron chi connectivity index (χ1n) is 9.59. The summed E-state index contributed by atoms with van der Waals surface area (Å²) in [6.07, 6.45) is -0.251. The Morgan fingerprint density at radius 1 is 1.07 bits per heavy atom. The van der Waals surface area contributed by atoms with Crippen molar-refractivity contribution in [3.63, 3.8) is 0 Å². The Morgan fingerprint density at radius 2 is 1.75 bits per heavy atom. The second-order valence-corrected chi connectivity index (χ2v) is 8.40. The number of benzene rings is 2. The highest BCUT2D eigenvalue weighted by molar-refractivity contribution is 5.95. The molecule has 0 aromatic heterocycles. The zero-order chi connectivity index (χ0) is 20.5. The number of rotatable bonds is 4. The molecule has 148 valence electrons. The molecule has 2 amide bonds. The van der Waals surface area contributed by atoms with Crippen LogP contribution in [-0.4, -0.2) is 25.2 Å². The summed E-state index contributed by atoms with van der Waals surface area (Å²) in [4.78, 5) is 26.6. The molecule has 0 spiro atoms. The summed E-state index contributed by atoms with van der Waals surface area (Å²) in [5.74, 6) is -0.408. The highest BCUT2D eigenvalue weighted by atomic mass is 16.6. The Kier molecular flexibility index (Phi) is 5.45. The summed E-state index contributed by atoms with van der Waals surface area (Å²) in [6.45, 7) is 8.35. The molecule has 2 aromatic rings. The van der Waals surface area contributed by atoms with Crippen molar-refractivity contribution in [2.75, 3.05) is 17.3 Å². The Labute approximate surface area is 166 Å². The maximum absolute atomic E-state index is 12.7. The van der Waals surface area contributed by atoms with Crippen LogP contribution in [0, 0.1) is 12.8 Å². The number of nitrogens with zero attached hydrogens (tertiary/aromatic N) is 1. The summed E-state index contributed by atoms with van der Waals surface area (Å²) < 4.78 is 5.60. The SMILES string of the molecule is Cc1cccc(C(C)(C)C)c1N(C)C(=O)OC1CC1C(=O)Nc1ccccc1. The molecule has 5 heteroatoms. The van der Waals surface area contributed by atoms with Gasteiger partial charge in [0.2, 0.25) is 5.91 Å². The lowest BCUT2D eigenvalue weighted by Crippen LogP contribution is -2.32. The first-order valence-corrected chi connectivity index (χ1v) is 9.59. The molecule has 1 aliphatic carbocycles. The fourth-order valence-corrected chi connectivity index (χ4v) is 3.34. The lowest BCUT2D eigenvalue weighted by molar-refractivity contribution is -0.117. The van der Waals surface area contributed by atoms with Gasteiger partial charge in [-0.05, 0) is 35.6 Å². The van der Waals surface area contributed by atoms with Crippen LogP contribution >= 0.6 is 0 Å². The zero-order valence-electron chi connectivity index (χ0n) is 17.2. The first kappa shape index (κ1) is 19.9. The van der Waals surface area contributed by atoms with Gasteiger partial charge in [-0.25, -0.2) is 4.79 Å². The van der Waals surface area contributed by atoms with Gasteiger partial charge in [0, 0.05) is 19.2 Å². The standard InChI is InChI=1S/C23H28N2O3/c1-15-10-9-13-18(23(2,3)4)20(15)25(5)22(27)28-19-14-17(19)21(26)24-16-11-7-6-8-12-16/h6-13,17,19H,14H2,1-5H3,(H,24,26). The van der Waals surface area contributed by atoms with E-state index in [1.807, 2.05) is 55.5 Å². The van der Waals surface area contributed by atoms with Crippen LogP contribution in [0.25, 0.3) is 0 Å². The van der Waals surface area contributed by atoms with Gasteiger partial charge in [0.15, 0.2) is 0 Å². The summed E-state index contributed by atoms with van der Waals surface area (Å²) in [5, 5.41) is 2.86. The van der Waals surface area contributed by atoms with E-state index in [4.69, 9.17) is 4.74 Å². The lowest BCUT2D eigenvalue weighted by atomic mass is 9.84. The molecule has 0 radical (unpaired) electrons. The average molecular weight is 380 g/mol. The van der Waals surface area contributed by atoms with Gasteiger partial charge in [0.25, 0.3) is 0 Å². The van der Waals surface area contributed by atoms with E-state index in [9.17, 15) is 9.59 Å². The predicted molar refractivity (Wildman–Crippen MR) is 112 cm³/mol. The van der Waals surface area contributed by atoms with Crippen molar-refractivity contribution in [3.8, 4) is 0 Å². The molecule has 1 N–H and O–H groups in total. The molecule has 2 atom stereocenters. The Hall–Kier alpha value is -2.82. The van der Waals surface area contributed by atoms with Crippen molar-refractivity contribution >= 4 is 23.4 Å². The Balaban J connectivity index is 1.64. The van der Waals surface area contributed by atoms with Gasteiger partial charge in [-0.3, -0.25) is 9.69 Å². The van der Waals surface area contributed by atoms with Crippen LogP contribution in [0.15, 0.2) is 48.5 Å². The molecule has 0 saturated heterocycles. The van der Waals surface area contributed by atoms with E-state index >= 15 is 0 Å². The number of hydrogen-bond acceptors (Lipinski definition) is 3. The lowest BCUT2D eigenvalue weighted by Gasteiger charge is -2.29. The van der Waals surface area contributed by atoms with Gasteiger partial charge in [-0.1, -0.05) is 57.2 Å². The van der Waals surface area contributed by atoms with Crippen LogP contribution in [0.4, 0.5) is 16.2 Å². The van der Waals surface area contributed by atoms with Gasteiger partial charge in [-0.15, -0.1) is 0 Å². The van der Waals surface area contributed by atoms with Crippen molar-refractivity contribution < 1.29 is 14.3 Å². The quantitative estimate of drug-likeness (QED) is 0.821. The van der Waals surface area contributed by atoms with Crippen molar-refractivity contribution in [2.45, 2.75) is 45.6 Å². The van der Waals surface area contributed by atoms with Crippen LogP contribution < -0.4 is 10.2 Å². The zero-order valence-corrected chi connectivity index (χ0v) is 17.2. The van der Waals surface area contributed by atoms with Gasteiger partial charge in [0.1, 0.15) is 6.10 Å². The maximum atomic E-state index is 12.7. The van der Waals surface area contributed by atoms with Gasteiger partial charge in [0.05, 0.1) is 11.6 Å². The minimum absolute atomic E-state index is 0.104. The van der Waals surface area contributed by atoms with E-state index in [1.54, 1.807) is 11.9 Å². The molecule has 0 aliphatic heterocycles. The van der Waals surface area contributed by atoms with E-state index in [0.29, 0.717) is 6.42 Å². The monoisotopic (exact) mass is 380 g/mol. The number of aryl methyl sites for hydroxylation is 1. The Morgan fingerprint density at radius 3 is 2.39 bits per heavy atom. The number of hydrogen-bond donors (Lipinski definition) is 1. The van der Waals surface area contributed by atoms with Crippen LogP contribution in [0.2, 0.25) is 0 Å². The fourth-order valence-electron chi connectivity index (χ4n) is 3.34. The number of nitrogens with one attached hydrogen (secondary N) is 1. The molecular formula is C23H28N2O3. The van der Waals surface area contributed by atoms with Crippen molar-refractivity contribution in [2.24, 2.45) is 5.92 Å². The molecule has 3 rings (SSSR count). The number of carbonyl (C=O) groups excluding carboxylic acids is 2. The highest BCUT2D eigenvalue weighted by Crippen LogP contribution is 2.38. The van der Waals surface area contributed by atoms with E-state index in [2.05, 4.69) is 26.1 Å². The molecule has 0 bridgehead atoms. The highest BCUT2D eigenvalue weighted by Gasteiger charge is 2.47. The number of para-hydroxylation sites is 2. The van der Waals surface area contributed by atoms with E-state index in [1.165, 1.54) is 0 Å². The van der Waals surface area contributed by atoms with E-state index in [0.717, 1.165) is 22.5 Å². The second kappa shape index (κ2) is 7.66. The van der Waals surface area contributed by atoms with Gasteiger partial charge in [-0.2, -0.15) is 0 Å². The van der Waals surface area contributed by atoms with Crippen LogP contribution in [0.3, 0.4) is 0 Å². The fraction of sp³-hybridized carbons (Fsp3) is 0.391. The third-order valence-electron chi connectivity index (χ3n) is 5.02. The third-order valence-corrected chi connectivity index (χ3v) is 5.02. The minimum Gasteiger partial charge on any atom is -0.445 e. The molecule has 28 heavy (non-hydrogen) atoms. The summed E-state index contributed by atoms with van der Waals surface area (Å²) in [7, 11) is 1.72. The molecule has 1 fully saturated rings. The third kappa shape index (κ3) is 4.35. The summed E-state index contributed by atoms with van der Waals surface area (Å²) >= 11 is 0. The molecule has 2 aromatic carbocycles. The minimum atomic E-state index is -0.431. The van der Waals surface area contributed by atoms with Crippen molar-refractivity contribution in [1.29, 1.82) is 0 Å². The number of carbonyl (C=O) groups is 2. The van der Waals surface area contributed by atoms with Gasteiger partial charge >= 0.3 is 6.09 Å². The van der Waals surface area contributed by atoms with Crippen molar-refractivity contribution in [3.05, 3.63) is 59.7 Å². The van der Waals surface area contributed by atoms with E-state index < -0.39 is 6.09 Å². The molecule has 0 heterocycles. The molecular weight excluding hydrogens is 352 g/mol. The molecule has 1 aliphatic rings. The topological polar surface area (TPSA) is 58.6 Å². The maximum Gasteiger partial charge on any atom is 0.414 e.